The lowest BCUT2D eigenvalue weighted by molar-refractivity contribution is -0.314. The van der Waals surface area contributed by atoms with Crippen LogP contribution in [-0.2, 0) is 47.5 Å². The highest BCUT2D eigenvalue weighted by Gasteiger charge is 2.52. The van der Waals surface area contributed by atoms with Crippen LogP contribution in [0.15, 0.2) is 23.8 Å². The molecule has 0 aromatic carbocycles. The van der Waals surface area contributed by atoms with Crippen molar-refractivity contribution in [3.8, 4) is 0 Å². The van der Waals surface area contributed by atoms with Crippen LogP contribution in [-0.4, -0.2) is 120 Å². The maximum atomic E-state index is 14.7. The molecule has 3 aliphatic heterocycles. The molecule has 0 spiro atoms. The predicted octanol–water partition coefficient (Wildman–Crippen LogP) is 5.49. The summed E-state index contributed by atoms with van der Waals surface area (Å²) in [5, 5.41) is 0. The quantitative estimate of drug-likeness (QED) is 0.222. The molecule has 6 rings (SSSR count). The molecule has 0 aromatic rings. The van der Waals surface area contributed by atoms with Crippen LogP contribution in [0.5, 0.6) is 0 Å². The molecule has 4 fully saturated rings. The molecule has 0 radical (unpaired) electrons. The molecule has 0 bridgehead atoms. The zero-order valence-corrected chi connectivity index (χ0v) is 32.9. The maximum Gasteiger partial charge on any atom is 0.306 e. The fourth-order valence-corrected chi connectivity index (χ4v) is 10.4. The van der Waals surface area contributed by atoms with Gasteiger partial charge in [-0.3, -0.25) is 9.59 Å². The SMILES string of the molecule is CC[C@H]1CCC[C@H](O[C@H]2CC[C@H](N(C)C)[C@@H](C)O2)[C@@H](C)C(=O)C2=C[C@@H]3[C@H](C=C[C@@H]4C[C@@H](O[C@@H]5O[C@@H](C)[C@H](OC)[C@@H](OC)[C@H]5OC)C[C@@H]34)[C@H]2CC(=O)O1. The second-order valence-electron chi connectivity index (χ2n) is 16.5. The summed E-state index contributed by atoms with van der Waals surface area (Å²) >= 11 is 0. The molecule has 0 N–H and O–H groups in total. The number of Topliss-reactive ketones (excluding diaryl/α,β-unsaturated/α-hetero) is 1. The summed E-state index contributed by atoms with van der Waals surface area (Å²) in [4.78, 5) is 30.4. The summed E-state index contributed by atoms with van der Waals surface area (Å²) in [5.41, 5.74) is 0.763. The molecule has 11 nitrogen and oxygen atoms in total. The Morgan fingerprint density at radius 2 is 1.58 bits per heavy atom. The Morgan fingerprint density at radius 1 is 0.827 bits per heavy atom. The third-order valence-electron chi connectivity index (χ3n) is 13.3. The minimum absolute atomic E-state index is 0.0380. The summed E-state index contributed by atoms with van der Waals surface area (Å²) in [6, 6.07) is 0.339. The molecule has 1 saturated carbocycles. The van der Waals surface area contributed by atoms with Crippen molar-refractivity contribution in [3.05, 3.63) is 23.8 Å². The zero-order chi connectivity index (χ0) is 37.3. The first-order valence-corrected chi connectivity index (χ1v) is 20.0. The Bertz CT molecular complexity index is 1290. The van der Waals surface area contributed by atoms with Crippen molar-refractivity contribution in [2.45, 2.75) is 153 Å². The number of hydrogen-bond acceptors (Lipinski definition) is 11. The van der Waals surface area contributed by atoms with E-state index < -0.39 is 12.4 Å². The van der Waals surface area contributed by atoms with Crippen molar-refractivity contribution >= 4 is 11.8 Å². The minimum atomic E-state index is -0.594. The molecule has 52 heavy (non-hydrogen) atoms. The number of nitrogens with zero attached hydrogens (tertiary/aromatic N) is 1. The molecule has 11 heteroatoms. The molecule has 3 saturated heterocycles. The largest absolute Gasteiger partial charge is 0.462 e. The Labute approximate surface area is 311 Å². The van der Waals surface area contributed by atoms with Gasteiger partial charge >= 0.3 is 5.97 Å². The number of carbonyl (C=O) groups is 2. The highest BCUT2D eigenvalue weighted by atomic mass is 16.7. The van der Waals surface area contributed by atoms with Gasteiger partial charge in [-0.1, -0.05) is 32.1 Å². The van der Waals surface area contributed by atoms with E-state index in [0.717, 1.165) is 50.5 Å². The van der Waals surface area contributed by atoms with E-state index in [1.807, 2.05) is 13.8 Å². The van der Waals surface area contributed by atoms with Gasteiger partial charge in [-0.25, -0.2) is 0 Å². The summed E-state index contributed by atoms with van der Waals surface area (Å²) in [7, 11) is 9.15. The van der Waals surface area contributed by atoms with E-state index in [9.17, 15) is 9.59 Å². The number of cyclic esters (lactones) is 1. The summed E-state index contributed by atoms with van der Waals surface area (Å²) in [6.45, 7) is 8.17. The van der Waals surface area contributed by atoms with Gasteiger partial charge < -0.3 is 42.8 Å². The van der Waals surface area contributed by atoms with E-state index in [1.54, 1.807) is 21.3 Å². The van der Waals surface area contributed by atoms with Gasteiger partial charge in [-0.2, -0.15) is 0 Å². The average Bonchev–Trinajstić information content (AvgIpc) is 3.70. The molecule has 0 amide bonds. The lowest BCUT2D eigenvalue weighted by Crippen LogP contribution is -2.59. The highest BCUT2D eigenvalue weighted by Crippen LogP contribution is 2.54. The van der Waals surface area contributed by atoms with E-state index in [2.05, 4.69) is 51.1 Å². The maximum absolute atomic E-state index is 14.7. The first-order valence-electron chi connectivity index (χ1n) is 20.0. The van der Waals surface area contributed by atoms with Crippen molar-refractivity contribution < 1.29 is 47.5 Å². The molecule has 294 valence electrons. The zero-order valence-electron chi connectivity index (χ0n) is 32.9. The fraction of sp³-hybridized carbons (Fsp3) is 0.854. The van der Waals surface area contributed by atoms with Crippen molar-refractivity contribution in [1.82, 2.24) is 4.90 Å². The summed E-state index contributed by atoms with van der Waals surface area (Å²) in [6.07, 6.45) is 10.8. The van der Waals surface area contributed by atoms with Gasteiger partial charge in [0.1, 0.15) is 24.4 Å². The highest BCUT2D eigenvalue weighted by molar-refractivity contribution is 5.99. The van der Waals surface area contributed by atoms with Gasteiger partial charge in [0.2, 0.25) is 0 Å². The first-order chi connectivity index (χ1) is 25.0. The van der Waals surface area contributed by atoms with E-state index >= 15 is 0 Å². The molecule has 0 aromatic heterocycles. The van der Waals surface area contributed by atoms with E-state index in [0.29, 0.717) is 18.4 Å². The van der Waals surface area contributed by atoms with Crippen molar-refractivity contribution in [1.29, 1.82) is 0 Å². The second kappa shape index (κ2) is 17.4. The van der Waals surface area contributed by atoms with E-state index in [1.165, 1.54) is 0 Å². The number of ketones is 1. The van der Waals surface area contributed by atoms with Crippen LogP contribution in [0.1, 0.15) is 85.5 Å². The topological polar surface area (TPSA) is 111 Å². The molecular formula is C41H65NO10. The van der Waals surface area contributed by atoms with Gasteiger partial charge in [0.25, 0.3) is 0 Å². The Kier molecular flexibility index (Phi) is 13.4. The van der Waals surface area contributed by atoms with Crippen LogP contribution in [0.2, 0.25) is 0 Å². The fourth-order valence-electron chi connectivity index (χ4n) is 10.4. The number of hydrogen-bond donors (Lipinski definition) is 0. The van der Waals surface area contributed by atoms with Gasteiger partial charge in [-0.15, -0.1) is 0 Å². The number of allylic oxidation sites excluding steroid dienone is 4. The number of rotatable bonds is 9. The van der Waals surface area contributed by atoms with Gasteiger partial charge in [0, 0.05) is 39.2 Å². The smallest absolute Gasteiger partial charge is 0.306 e. The molecule has 6 aliphatic rings. The third-order valence-corrected chi connectivity index (χ3v) is 13.3. The molecule has 0 unspecified atom stereocenters. The average molecular weight is 732 g/mol. The van der Waals surface area contributed by atoms with Crippen LogP contribution in [0.25, 0.3) is 0 Å². The molecule has 3 aliphatic carbocycles. The second-order valence-corrected chi connectivity index (χ2v) is 16.5. The lowest BCUT2D eigenvalue weighted by atomic mass is 9.70. The lowest BCUT2D eigenvalue weighted by Gasteiger charge is -2.44. The van der Waals surface area contributed by atoms with Gasteiger partial charge in [0.05, 0.1) is 30.8 Å². The number of likely N-dealkylation sites (N-methyl/N-ethyl adjacent to an activating group) is 1. The van der Waals surface area contributed by atoms with Gasteiger partial charge in [-0.05, 0) is 109 Å². The van der Waals surface area contributed by atoms with Gasteiger partial charge in [0.15, 0.2) is 18.4 Å². The molecular weight excluding hydrogens is 666 g/mol. The number of carbonyl (C=O) groups excluding carboxylic acids is 2. The molecule has 17 atom stereocenters. The summed E-state index contributed by atoms with van der Waals surface area (Å²) < 4.78 is 49.5. The third kappa shape index (κ3) is 8.27. The van der Waals surface area contributed by atoms with Crippen LogP contribution >= 0.6 is 0 Å². The van der Waals surface area contributed by atoms with Crippen molar-refractivity contribution in [2.75, 3.05) is 35.4 Å². The molecule has 3 heterocycles. The number of methoxy groups -OCH3 is 3. The van der Waals surface area contributed by atoms with E-state index in [-0.39, 0.29) is 96.8 Å². The van der Waals surface area contributed by atoms with Crippen LogP contribution in [0, 0.1) is 35.5 Å². The van der Waals surface area contributed by atoms with E-state index in [4.69, 9.17) is 37.9 Å². The standard InChI is InChI=1S/C41H65NO10/c1-10-26-12-11-13-34(52-36-17-16-33(42(5)6)23(3)48-36)22(2)37(44)32-20-30-28(31(32)21-35(43)50-26)15-14-25-18-27(19-29(25)30)51-41-40(47-9)39(46-8)38(45-7)24(4)49-41/h14-15,20,22-31,33-34,36,38-41H,10-13,16-19,21H2,1-9H3/t22-,23-,24+,25-,26+,27-,28+,29-,30-,31-,33+,34+,36+,38+,39-,40-,41+/m1/s1. The van der Waals surface area contributed by atoms with Crippen molar-refractivity contribution in [3.63, 3.8) is 0 Å². The Balaban J connectivity index is 1.20. The van der Waals surface area contributed by atoms with Crippen molar-refractivity contribution in [2.24, 2.45) is 35.5 Å². The summed E-state index contributed by atoms with van der Waals surface area (Å²) in [5.74, 6) is 0.0198. The van der Waals surface area contributed by atoms with Crippen LogP contribution < -0.4 is 0 Å². The first kappa shape index (κ1) is 40.0. The number of ether oxygens (including phenoxy) is 8. The predicted molar refractivity (Wildman–Crippen MR) is 194 cm³/mol. The Hall–Kier alpha value is -1.70. The Morgan fingerprint density at radius 3 is 2.25 bits per heavy atom. The van der Waals surface area contributed by atoms with Crippen LogP contribution in [0.3, 0.4) is 0 Å². The monoisotopic (exact) mass is 731 g/mol. The number of esters is 1. The van der Waals surface area contributed by atoms with Crippen LogP contribution in [0.4, 0.5) is 0 Å². The normalized spacial score (nSPS) is 45.7. The number of fused-ring (bicyclic) bond motifs is 5. The minimum Gasteiger partial charge on any atom is -0.462 e.